The first kappa shape index (κ1) is 19.9. The molecule has 144 valence electrons. The molecule has 1 amide bonds. The van der Waals surface area contributed by atoms with Crippen LogP contribution in [0.15, 0.2) is 18.2 Å². The number of amides is 1. The fraction of sp³-hybridized carbons (Fsp3) is 0.556. The topological polar surface area (TPSA) is 65.1 Å². The van der Waals surface area contributed by atoms with E-state index in [2.05, 4.69) is 4.74 Å². The Bertz CT molecular complexity index is 665. The number of benzene rings is 1. The van der Waals surface area contributed by atoms with Crippen molar-refractivity contribution in [2.75, 3.05) is 13.7 Å². The number of ether oxygens (including phenoxy) is 3. The van der Waals surface area contributed by atoms with E-state index >= 15 is 0 Å². The van der Waals surface area contributed by atoms with Crippen LogP contribution in [0.1, 0.15) is 38.7 Å². The minimum absolute atomic E-state index is 0.0524. The van der Waals surface area contributed by atoms with Crippen molar-refractivity contribution >= 4 is 11.9 Å². The van der Waals surface area contributed by atoms with E-state index < -0.39 is 18.6 Å². The third kappa shape index (κ3) is 4.62. The molecule has 1 aromatic carbocycles. The van der Waals surface area contributed by atoms with E-state index in [9.17, 15) is 18.4 Å². The zero-order valence-corrected chi connectivity index (χ0v) is 15.2. The fourth-order valence-electron chi connectivity index (χ4n) is 3.10. The van der Waals surface area contributed by atoms with Crippen molar-refractivity contribution in [1.29, 1.82) is 0 Å². The summed E-state index contributed by atoms with van der Waals surface area (Å²) in [5.74, 6) is -0.687. The number of hydrogen-bond acceptors (Lipinski definition) is 5. The molecule has 2 atom stereocenters. The lowest BCUT2D eigenvalue weighted by molar-refractivity contribution is -0.150. The van der Waals surface area contributed by atoms with Crippen LogP contribution in [0.5, 0.6) is 11.5 Å². The summed E-state index contributed by atoms with van der Waals surface area (Å²) >= 11 is 0. The van der Waals surface area contributed by atoms with Gasteiger partial charge < -0.3 is 19.1 Å². The largest absolute Gasteiger partial charge is 0.487 e. The highest BCUT2D eigenvalue weighted by Crippen LogP contribution is 2.38. The fourth-order valence-corrected chi connectivity index (χ4v) is 3.10. The second kappa shape index (κ2) is 8.33. The normalized spacial score (nSPS) is 19.8. The molecule has 0 N–H and O–H groups in total. The summed E-state index contributed by atoms with van der Waals surface area (Å²) in [7, 11) is 1.28. The molecule has 1 heterocycles. The number of methoxy groups -OCH3 is 1. The minimum Gasteiger partial charge on any atom is -0.487 e. The van der Waals surface area contributed by atoms with E-state index in [1.165, 1.54) is 25.0 Å². The molecule has 1 aromatic rings. The van der Waals surface area contributed by atoms with Crippen LogP contribution in [0.3, 0.4) is 0 Å². The van der Waals surface area contributed by atoms with Gasteiger partial charge in [0.15, 0.2) is 11.5 Å². The molecule has 0 bridgehead atoms. The lowest BCUT2D eigenvalue weighted by atomic mass is 9.96. The van der Waals surface area contributed by atoms with Gasteiger partial charge in [-0.1, -0.05) is 6.07 Å². The Labute approximate surface area is 151 Å². The molecule has 2 rings (SSSR count). The Morgan fingerprint density at radius 1 is 1.19 bits per heavy atom. The Balaban J connectivity index is 2.30. The van der Waals surface area contributed by atoms with Crippen LogP contribution in [0.25, 0.3) is 0 Å². The molecule has 1 fully saturated rings. The third-order valence-electron chi connectivity index (χ3n) is 4.20. The van der Waals surface area contributed by atoms with Gasteiger partial charge >= 0.3 is 12.6 Å². The van der Waals surface area contributed by atoms with Crippen LogP contribution in [0.2, 0.25) is 0 Å². The molecule has 0 aromatic heterocycles. The predicted octanol–water partition coefficient (Wildman–Crippen LogP) is 2.95. The molecule has 2 unspecified atom stereocenters. The number of nitrogens with zero attached hydrogens (tertiary/aromatic N) is 1. The van der Waals surface area contributed by atoms with Gasteiger partial charge in [0.1, 0.15) is 6.04 Å². The number of carbonyl (C=O) groups excluding carboxylic acids is 2. The summed E-state index contributed by atoms with van der Waals surface area (Å²) in [4.78, 5) is 25.2. The average Bonchev–Trinajstić information content (AvgIpc) is 3.00. The first-order valence-corrected chi connectivity index (χ1v) is 8.33. The van der Waals surface area contributed by atoms with Gasteiger partial charge in [0.05, 0.1) is 13.2 Å². The van der Waals surface area contributed by atoms with Gasteiger partial charge in [-0.05, 0) is 38.0 Å². The van der Waals surface area contributed by atoms with Gasteiger partial charge in [0.25, 0.3) is 0 Å². The van der Waals surface area contributed by atoms with E-state index in [1.807, 2.05) is 0 Å². The summed E-state index contributed by atoms with van der Waals surface area (Å²) in [6.07, 6.45) is 0.160. The number of likely N-dealkylation sites (tertiary alicyclic amines) is 1. The van der Waals surface area contributed by atoms with Crippen LogP contribution < -0.4 is 9.47 Å². The lowest BCUT2D eigenvalue weighted by Gasteiger charge is -2.20. The quantitative estimate of drug-likeness (QED) is 0.720. The molecule has 0 spiro atoms. The zero-order valence-electron chi connectivity index (χ0n) is 15.2. The van der Waals surface area contributed by atoms with Crippen molar-refractivity contribution in [3.05, 3.63) is 23.8 Å². The maximum Gasteiger partial charge on any atom is 0.387 e. The van der Waals surface area contributed by atoms with Crippen LogP contribution in [-0.4, -0.2) is 49.2 Å². The Kier molecular flexibility index (Phi) is 6.39. The molecule has 0 saturated carbocycles. The molecule has 1 saturated heterocycles. The minimum atomic E-state index is -2.96. The molecular weight excluding hydrogens is 348 g/mol. The van der Waals surface area contributed by atoms with E-state index in [0.29, 0.717) is 13.0 Å². The highest BCUT2D eigenvalue weighted by molar-refractivity contribution is 5.84. The molecule has 1 aliphatic heterocycles. The monoisotopic (exact) mass is 371 g/mol. The lowest BCUT2D eigenvalue weighted by Crippen LogP contribution is -2.39. The third-order valence-corrected chi connectivity index (χ3v) is 4.20. The molecule has 0 radical (unpaired) electrons. The first-order chi connectivity index (χ1) is 12.2. The number of alkyl halides is 2. The van der Waals surface area contributed by atoms with Crippen LogP contribution in [-0.2, 0) is 14.3 Å². The summed E-state index contributed by atoms with van der Waals surface area (Å²) in [5.41, 5.74) is 0.778. The highest BCUT2D eigenvalue weighted by Gasteiger charge is 2.39. The van der Waals surface area contributed by atoms with Crippen molar-refractivity contribution in [3.63, 3.8) is 0 Å². The molecule has 6 nitrogen and oxygen atoms in total. The summed E-state index contributed by atoms with van der Waals surface area (Å²) < 4.78 is 40.0. The van der Waals surface area contributed by atoms with Crippen molar-refractivity contribution in [3.8, 4) is 11.5 Å². The van der Waals surface area contributed by atoms with Gasteiger partial charge in [-0.25, -0.2) is 4.79 Å². The molecular formula is C18H23F2NO5. The predicted molar refractivity (Wildman–Crippen MR) is 89.4 cm³/mol. The second-order valence-corrected chi connectivity index (χ2v) is 6.39. The van der Waals surface area contributed by atoms with Gasteiger partial charge in [-0.2, -0.15) is 8.78 Å². The van der Waals surface area contributed by atoms with Crippen LogP contribution in [0, 0.1) is 0 Å². The maximum absolute atomic E-state index is 12.6. The number of rotatable bonds is 6. The zero-order chi connectivity index (χ0) is 19.4. The molecule has 26 heavy (non-hydrogen) atoms. The summed E-state index contributed by atoms with van der Waals surface area (Å²) in [5, 5.41) is 0. The first-order valence-electron chi connectivity index (χ1n) is 8.33. The Hall–Kier alpha value is -2.38. The average molecular weight is 371 g/mol. The van der Waals surface area contributed by atoms with E-state index in [1.54, 1.807) is 26.0 Å². The smallest absolute Gasteiger partial charge is 0.387 e. The van der Waals surface area contributed by atoms with Crippen molar-refractivity contribution in [1.82, 2.24) is 4.90 Å². The van der Waals surface area contributed by atoms with Gasteiger partial charge in [-0.3, -0.25) is 4.79 Å². The molecule has 8 heteroatoms. The molecule has 0 aliphatic carbocycles. The number of halogens is 2. The number of carbonyl (C=O) groups is 2. The Morgan fingerprint density at radius 2 is 1.88 bits per heavy atom. The highest BCUT2D eigenvalue weighted by atomic mass is 19.3. The van der Waals surface area contributed by atoms with Crippen molar-refractivity contribution < 1.29 is 32.6 Å². The van der Waals surface area contributed by atoms with Gasteiger partial charge in [0, 0.05) is 19.4 Å². The Morgan fingerprint density at radius 3 is 2.42 bits per heavy atom. The van der Waals surface area contributed by atoms with Gasteiger partial charge in [0.2, 0.25) is 5.91 Å². The standard InChI is InChI=1S/C18H23F2NO5/c1-10(2)25-16-8-12(5-6-15(16)26-18(19)20)13-7-14(17(23)24-4)21(9-13)11(3)22/h5-6,8,10,13-14,18H,7,9H2,1-4H3. The van der Waals surface area contributed by atoms with Crippen molar-refractivity contribution in [2.24, 2.45) is 0 Å². The maximum atomic E-state index is 12.6. The SMILES string of the molecule is COC(=O)C1CC(c2ccc(OC(F)F)c(OC(C)C)c2)CN1C(C)=O. The van der Waals surface area contributed by atoms with Crippen LogP contribution >= 0.6 is 0 Å². The van der Waals surface area contributed by atoms with Crippen molar-refractivity contribution in [2.45, 2.75) is 51.9 Å². The summed E-state index contributed by atoms with van der Waals surface area (Å²) in [6, 6.07) is 4.03. The summed E-state index contributed by atoms with van der Waals surface area (Å²) in [6.45, 7) is 2.33. The van der Waals surface area contributed by atoms with E-state index in [0.717, 1.165) is 5.56 Å². The second-order valence-electron chi connectivity index (χ2n) is 6.39. The van der Waals surface area contributed by atoms with Gasteiger partial charge in [-0.15, -0.1) is 0 Å². The van der Waals surface area contributed by atoms with E-state index in [4.69, 9.17) is 9.47 Å². The van der Waals surface area contributed by atoms with E-state index in [-0.39, 0.29) is 29.4 Å². The molecule has 1 aliphatic rings. The van der Waals surface area contributed by atoms with Crippen LogP contribution in [0.4, 0.5) is 8.78 Å². The number of hydrogen-bond donors (Lipinski definition) is 0. The number of esters is 1.